The van der Waals surface area contributed by atoms with Crippen LogP contribution in [0, 0.1) is 0 Å². The third-order valence-electron chi connectivity index (χ3n) is 2.91. The van der Waals surface area contributed by atoms with E-state index in [-0.39, 0.29) is 11.2 Å². The molecule has 0 saturated carbocycles. The van der Waals surface area contributed by atoms with Crippen molar-refractivity contribution in [3.05, 3.63) is 27.2 Å². The van der Waals surface area contributed by atoms with Crippen LogP contribution >= 0.6 is 0 Å². The van der Waals surface area contributed by atoms with Crippen LogP contribution in [0.1, 0.15) is 6.42 Å². The first kappa shape index (κ1) is 12.6. The third-order valence-corrected chi connectivity index (χ3v) is 2.91. The van der Waals surface area contributed by atoms with Gasteiger partial charge in [0.1, 0.15) is 0 Å². The standard InChI is InChI=1S/C11H17N5O2/c1-14(2)5-4-6-16-9-8(15(3)7-12-9)10(17)13-11(16)18/h7H,4-6H2,1-3H3,(H,13,17,18)/p+1. The topological polar surface area (TPSA) is 77.1 Å². The summed E-state index contributed by atoms with van der Waals surface area (Å²) < 4.78 is 3.15. The molecule has 0 saturated heterocycles. The van der Waals surface area contributed by atoms with Crippen LogP contribution in [0.4, 0.5) is 0 Å². The molecule has 0 radical (unpaired) electrons. The Morgan fingerprint density at radius 3 is 2.78 bits per heavy atom. The van der Waals surface area contributed by atoms with E-state index < -0.39 is 0 Å². The van der Waals surface area contributed by atoms with Crippen molar-refractivity contribution in [1.29, 1.82) is 0 Å². The molecule has 0 amide bonds. The van der Waals surface area contributed by atoms with Crippen LogP contribution in [-0.4, -0.2) is 39.7 Å². The normalized spacial score (nSPS) is 11.6. The van der Waals surface area contributed by atoms with Crippen molar-refractivity contribution in [2.45, 2.75) is 13.0 Å². The van der Waals surface area contributed by atoms with Crippen molar-refractivity contribution in [3.8, 4) is 0 Å². The Kier molecular flexibility index (Phi) is 3.33. The molecule has 0 bridgehead atoms. The zero-order valence-corrected chi connectivity index (χ0v) is 10.9. The number of aromatic nitrogens is 4. The highest BCUT2D eigenvalue weighted by Gasteiger charge is 2.11. The Morgan fingerprint density at radius 2 is 2.11 bits per heavy atom. The summed E-state index contributed by atoms with van der Waals surface area (Å²) in [6.07, 6.45) is 2.41. The predicted octanol–water partition coefficient (Wildman–Crippen LogP) is -2.04. The molecule has 2 N–H and O–H groups in total. The van der Waals surface area contributed by atoms with Crippen molar-refractivity contribution in [2.24, 2.45) is 7.05 Å². The molecule has 0 aliphatic rings. The zero-order chi connectivity index (χ0) is 13.3. The van der Waals surface area contributed by atoms with E-state index in [9.17, 15) is 9.59 Å². The monoisotopic (exact) mass is 252 g/mol. The molecule has 98 valence electrons. The highest BCUT2D eigenvalue weighted by Crippen LogP contribution is 2.03. The van der Waals surface area contributed by atoms with Crippen molar-refractivity contribution in [3.63, 3.8) is 0 Å². The van der Waals surface area contributed by atoms with Gasteiger partial charge in [0.05, 0.1) is 27.0 Å². The molecular formula is C11H18N5O2+. The lowest BCUT2D eigenvalue weighted by atomic mass is 10.4. The summed E-state index contributed by atoms with van der Waals surface area (Å²) in [5.74, 6) is 0. The van der Waals surface area contributed by atoms with Crippen molar-refractivity contribution >= 4 is 11.2 Å². The van der Waals surface area contributed by atoms with Gasteiger partial charge in [-0.1, -0.05) is 0 Å². The quantitative estimate of drug-likeness (QED) is 0.658. The van der Waals surface area contributed by atoms with Crippen molar-refractivity contribution in [2.75, 3.05) is 20.6 Å². The number of hydrogen-bond acceptors (Lipinski definition) is 3. The molecule has 0 aliphatic carbocycles. The summed E-state index contributed by atoms with van der Waals surface area (Å²) in [5, 5.41) is 0. The van der Waals surface area contributed by atoms with Gasteiger partial charge in [0.2, 0.25) is 0 Å². The van der Waals surface area contributed by atoms with E-state index >= 15 is 0 Å². The molecule has 0 aliphatic heterocycles. The van der Waals surface area contributed by atoms with Gasteiger partial charge in [-0.3, -0.25) is 14.3 Å². The van der Waals surface area contributed by atoms with E-state index in [0.29, 0.717) is 17.7 Å². The fourth-order valence-corrected chi connectivity index (χ4v) is 2.00. The molecule has 0 spiro atoms. The number of quaternary nitrogens is 1. The first-order valence-electron chi connectivity index (χ1n) is 5.94. The molecule has 2 aromatic rings. The van der Waals surface area contributed by atoms with Crippen LogP contribution < -0.4 is 16.1 Å². The van der Waals surface area contributed by atoms with Crippen LogP contribution in [-0.2, 0) is 13.6 Å². The number of hydrogen-bond donors (Lipinski definition) is 2. The summed E-state index contributed by atoms with van der Waals surface area (Å²) in [5.41, 5.74) is 0.122. The Hall–Kier alpha value is -1.89. The lowest BCUT2D eigenvalue weighted by Crippen LogP contribution is -3.05. The number of imidazole rings is 1. The minimum Gasteiger partial charge on any atom is -0.340 e. The second-order valence-electron chi connectivity index (χ2n) is 4.75. The molecule has 0 fully saturated rings. The number of rotatable bonds is 4. The first-order chi connectivity index (χ1) is 8.50. The first-order valence-corrected chi connectivity index (χ1v) is 5.94. The Morgan fingerprint density at radius 1 is 1.39 bits per heavy atom. The number of nitrogens with zero attached hydrogens (tertiary/aromatic N) is 3. The van der Waals surface area contributed by atoms with Gasteiger partial charge in [0, 0.05) is 20.0 Å². The second-order valence-corrected chi connectivity index (χ2v) is 4.75. The van der Waals surface area contributed by atoms with Crippen molar-refractivity contribution in [1.82, 2.24) is 19.1 Å². The number of aromatic amines is 1. The fourth-order valence-electron chi connectivity index (χ4n) is 2.00. The minimum atomic E-state index is -0.389. The predicted molar refractivity (Wildman–Crippen MR) is 67.9 cm³/mol. The summed E-state index contributed by atoms with van der Waals surface area (Å²) >= 11 is 0. The van der Waals surface area contributed by atoms with E-state index in [1.165, 1.54) is 9.47 Å². The summed E-state index contributed by atoms with van der Waals surface area (Å²) in [6.45, 7) is 1.52. The van der Waals surface area contributed by atoms with Gasteiger partial charge in [-0.2, -0.15) is 0 Å². The zero-order valence-electron chi connectivity index (χ0n) is 10.9. The van der Waals surface area contributed by atoms with Gasteiger partial charge in [-0.25, -0.2) is 9.78 Å². The minimum absolute atomic E-state index is 0.385. The average molecular weight is 252 g/mol. The molecule has 0 unspecified atom stereocenters. The van der Waals surface area contributed by atoms with Gasteiger partial charge in [0.25, 0.3) is 5.56 Å². The van der Waals surface area contributed by atoms with Crippen molar-refractivity contribution < 1.29 is 4.90 Å². The maximum Gasteiger partial charge on any atom is 0.330 e. The largest absolute Gasteiger partial charge is 0.340 e. The molecule has 2 rings (SSSR count). The summed E-state index contributed by atoms with van der Waals surface area (Å²) in [4.78, 5) is 31.3. The molecule has 7 heteroatoms. The Balaban J connectivity index is 2.44. The van der Waals surface area contributed by atoms with Crippen LogP contribution in [0.15, 0.2) is 15.9 Å². The van der Waals surface area contributed by atoms with E-state index in [0.717, 1.165) is 13.0 Å². The maximum atomic E-state index is 11.8. The number of fused-ring (bicyclic) bond motifs is 1. The highest BCUT2D eigenvalue weighted by molar-refractivity contribution is 5.69. The summed E-state index contributed by atoms with van der Waals surface area (Å²) in [7, 11) is 5.86. The fraction of sp³-hybridized carbons (Fsp3) is 0.545. The van der Waals surface area contributed by atoms with Gasteiger partial charge in [-0.05, 0) is 0 Å². The third kappa shape index (κ3) is 2.21. The Labute approximate surface area is 104 Å². The second kappa shape index (κ2) is 4.77. The van der Waals surface area contributed by atoms with Gasteiger partial charge >= 0.3 is 5.69 Å². The molecule has 18 heavy (non-hydrogen) atoms. The highest BCUT2D eigenvalue weighted by atomic mass is 16.2. The molecule has 0 aromatic carbocycles. The smallest absolute Gasteiger partial charge is 0.330 e. The summed E-state index contributed by atoms with van der Waals surface area (Å²) in [6, 6.07) is 0. The average Bonchev–Trinajstić information content (AvgIpc) is 2.65. The van der Waals surface area contributed by atoms with Crippen LogP contribution in [0.25, 0.3) is 11.2 Å². The molecular weight excluding hydrogens is 234 g/mol. The molecule has 2 heterocycles. The van der Waals surface area contributed by atoms with Crippen LogP contribution in [0.3, 0.4) is 0 Å². The van der Waals surface area contributed by atoms with E-state index in [4.69, 9.17) is 0 Å². The lowest BCUT2D eigenvalue weighted by molar-refractivity contribution is -0.858. The Bertz CT molecular complexity index is 664. The number of nitrogens with one attached hydrogen (secondary N) is 2. The van der Waals surface area contributed by atoms with E-state index in [1.54, 1.807) is 17.9 Å². The van der Waals surface area contributed by atoms with Crippen LogP contribution in [0.2, 0.25) is 0 Å². The van der Waals surface area contributed by atoms with E-state index in [1.807, 2.05) is 0 Å². The molecule has 2 aromatic heterocycles. The van der Waals surface area contributed by atoms with Gasteiger partial charge in [0.15, 0.2) is 11.2 Å². The van der Waals surface area contributed by atoms with Gasteiger partial charge in [-0.15, -0.1) is 0 Å². The molecule has 7 nitrogen and oxygen atoms in total. The maximum absolute atomic E-state index is 11.8. The number of aryl methyl sites for hydroxylation is 2. The number of H-pyrrole nitrogens is 1. The van der Waals surface area contributed by atoms with Crippen LogP contribution in [0.5, 0.6) is 0 Å². The van der Waals surface area contributed by atoms with Gasteiger partial charge < -0.3 is 9.47 Å². The lowest BCUT2D eigenvalue weighted by Gasteiger charge is -2.08. The molecule has 0 atom stereocenters. The van der Waals surface area contributed by atoms with E-state index in [2.05, 4.69) is 24.1 Å². The SMILES string of the molecule is Cn1cnc2c1c(=O)[nH]c(=O)n2CCC[NH+](C)C.